The monoisotopic (exact) mass is 328 g/mol. The van der Waals surface area contributed by atoms with Crippen molar-refractivity contribution in [2.75, 3.05) is 0 Å². The Labute approximate surface area is 138 Å². The summed E-state index contributed by atoms with van der Waals surface area (Å²) in [5.41, 5.74) is 2.54. The van der Waals surface area contributed by atoms with Gasteiger partial charge in [0.05, 0.1) is 11.9 Å². The van der Waals surface area contributed by atoms with Gasteiger partial charge >= 0.3 is 0 Å². The molecular weight excluding hydrogens is 311 g/mol. The van der Waals surface area contributed by atoms with Crippen molar-refractivity contribution in [3.63, 3.8) is 0 Å². The molecule has 2 aromatic heterocycles. The Morgan fingerprint density at radius 2 is 2.22 bits per heavy atom. The first-order valence-corrected chi connectivity index (χ1v) is 8.26. The predicted octanol–water partition coefficient (Wildman–Crippen LogP) is 4.63. The Balaban J connectivity index is 2.02. The lowest BCUT2D eigenvalue weighted by Gasteiger charge is -2.01. The van der Waals surface area contributed by atoms with Crippen LogP contribution in [0.4, 0.5) is 4.39 Å². The van der Waals surface area contributed by atoms with Crippen molar-refractivity contribution in [2.24, 2.45) is 0 Å². The molecule has 0 fully saturated rings. The summed E-state index contributed by atoms with van der Waals surface area (Å²) in [6.45, 7) is 4.65. The third-order valence-corrected chi connectivity index (χ3v) is 4.42. The number of hydrogen-bond acceptors (Lipinski definition) is 3. The van der Waals surface area contributed by atoms with Gasteiger partial charge in [-0.15, -0.1) is 11.3 Å². The van der Waals surface area contributed by atoms with Gasteiger partial charge in [-0.05, 0) is 32.0 Å². The minimum Gasteiger partial charge on any atom is -0.343 e. The van der Waals surface area contributed by atoms with Crippen LogP contribution in [-0.2, 0) is 13.0 Å². The van der Waals surface area contributed by atoms with Crippen LogP contribution in [0.2, 0.25) is 0 Å². The van der Waals surface area contributed by atoms with Crippen molar-refractivity contribution in [1.82, 2.24) is 9.55 Å². The lowest BCUT2D eigenvalue weighted by Crippen LogP contribution is -2.02. The highest BCUT2D eigenvalue weighted by molar-refractivity contribution is 7.09. The number of fused-ring (bicyclic) bond motifs is 1. The maximum Gasteiger partial charge on any atom is 0.171 e. The van der Waals surface area contributed by atoms with Gasteiger partial charge in [-0.25, -0.2) is 9.37 Å². The largest absolute Gasteiger partial charge is 0.343 e. The molecule has 0 radical (unpaired) electrons. The molecule has 3 nitrogen and oxygen atoms in total. The number of hydrogen-bond donors (Lipinski definition) is 0. The fourth-order valence-corrected chi connectivity index (χ4v) is 3.11. The van der Waals surface area contributed by atoms with Crippen LogP contribution in [0.1, 0.15) is 29.2 Å². The molecule has 118 valence electrons. The van der Waals surface area contributed by atoms with Crippen LogP contribution in [0.3, 0.4) is 0 Å². The zero-order valence-electron chi connectivity index (χ0n) is 13.0. The normalized spacial score (nSPS) is 10.9. The topological polar surface area (TPSA) is 34.9 Å². The van der Waals surface area contributed by atoms with E-state index in [0.29, 0.717) is 12.1 Å². The van der Waals surface area contributed by atoms with Crippen LogP contribution in [0, 0.1) is 5.82 Å². The maximum atomic E-state index is 13.6. The third kappa shape index (κ3) is 3.40. The zero-order chi connectivity index (χ0) is 16.4. The predicted molar refractivity (Wildman–Crippen MR) is 91.5 cm³/mol. The number of allylic oxidation sites excluding steroid dienone is 2. The molecular formula is C18H17FN2OS. The van der Waals surface area contributed by atoms with E-state index in [1.54, 1.807) is 12.3 Å². The van der Waals surface area contributed by atoms with Crippen LogP contribution in [0.15, 0.2) is 47.6 Å². The minimum absolute atomic E-state index is 0.00695. The lowest BCUT2D eigenvalue weighted by atomic mass is 10.1. The summed E-state index contributed by atoms with van der Waals surface area (Å²) in [6, 6.07) is 4.56. The van der Waals surface area contributed by atoms with Crippen LogP contribution in [0.25, 0.3) is 10.9 Å². The first-order chi connectivity index (χ1) is 11.0. The molecule has 0 unspecified atom stereocenters. The summed E-state index contributed by atoms with van der Waals surface area (Å²) in [6.07, 6.45) is 5.84. The lowest BCUT2D eigenvalue weighted by molar-refractivity contribution is 0.0994. The highest BCUT2D eigenvalue weighted by Gasteiger charge is 2.16. The number of thiazole rings is 1. The van der Waals surface area contributed by atoms with Gasteiger partial charge in [0, 0.05) is 35.3 Å². The fourth-order valence-electron chi connectivity index (χ4n) is 2.49. The third-order valence-electron chi connectivity index (χ3n) is 3.64. The van der Waals surface area contributed by atoms with Crippen molar-refractivity contribution in [3.05, 3.63) is 64.0 Å². The molecule has 0 spiro atoms. The number of aromatic nitrogens is 2. The standard InChI is InChI=1S/C18H17FN2OS/c1-12(2)5-7-21-11-15(14-4-3-13(19)9-16(14)21)17(22)10-18-20-6-8-23-18/h3-6,8-9,11H,7,10H2,1-2H3. The van der Waals surface area contributed by atoms with Gasteiger partial charge in [-0.2, -0.15) is 0 Å². The van der Waals surface area contributed by atoms with Gasteiger partial charge in [0.15, 0.2) is 5.78 Å². The Hall–Kier alpha value is -2.27. The molecule has 0 aliphatic heterocycles. The summed E-state index contributed by atoms with van der Waals surface area (Å²) in [5, 5.41) is 3.44. The number of halogens is 1. The van der Waals surface area contributed by atoms with Gasteiger partial charge in [0.2, 0.25) is 0 Å². The van der Waals surface area contributed by atoms with Crippen molar-refractivity contribution in [3.8, 4) is 0 Å². The first kappa shape index (κ1) is 15.6. The van der Waals surface area contributed by atoms with E-state index in [0.717, 1.165) is 15.9 Å². The van der Waals surface area contributed by atoms with Gasteiger partial charge in [-0.1, -0.05) is 11.6 Å². The van der Waals surface area contributed by atoms with Crippen molar-refractivity contribution in [2.45, 2.75) is 26.8 Å². The molecule has 0 atom stereocenters. The second-order valence-corrected chi connectivity index (χ2v) is 6.64. The van der Waals surface area contributed by atoms with Gasteiger partial charge in [0.1, 0.15) is 10.8 Å². The molecule has 3 rings (SSSR count). The minimum atomic E-state index is -0.298. The Morgan fingerprint density at radius 3 is 2.91 bits per heavy atom. The van der Waals surface area contributed by atoms with E-state index in [9.17, 15) is 9.18 Å². The van der Waals surface area contributed by atoms with E-state index >= 15 is 0 Å². The Bertz CT molecular complexity index is 874. The quantitative estimate of drug-likeness (QED) is 0.505. The molecule has 2 heterocycles. The van der Waals surface area contributed by atoms with Crippen LogP contribution in [0.5, 0.6) is 0 Å². The molecule has 1 aromatic carbocycles. The molecule has 5 heteroatoms. The molecule has 0 bridgehead atoms. The van der Waals surface area contributed by atoms with E-state index in [4.69, 9.17) is 0 Å². The van der Waals surface area contributed by atoms with Crippen LogP contribution < -0.4 is 0 Å². The van der Waals surface area contributed by atoms with Gasteiger partial charge in [-0.3, -0.25) is 4.79 Å². The maximum absolute atomic E-state index is 13.6. The van der Waals surface area contributed by atoms with E-state index in [2.05, 4.69) is 11.1 Å². The van der Waals surface area contributed by atoms with Crippen molar-refractivity contribution >= 4 is 28.0 Å². The SMILES string of the molecule is CC(C)=CCn1cc(C(=O)Cc2nccs2)c2ccc(F)cc21. The summed E-state index contributed by atoms with van der Waals surface area (Å²) in [7, 11) is 0. The summed E-state index contributed by atoms with van der Waals surface area (Å²) in [5.74, 6) is -0.291. The number of benzene rings is 1. The van der Waals surface area contributed by atoms with Crippen molar-refractivity contribution < 1.29 is 9.18 Å². The first-order valence-electron chi connectivity index (χ1n) is 7.38. The smallest absolute Gasteiger partial charge is 0.171 e. The zero-order valence-corrected chi connectivity index (χ0v) is 13.9. The van der Waals surface area contributed by atoms with Gasteiger partial charge < -0.3 is 4.57 Å². The fraction of sp³-hybridized carbons (Fsp3) is 0.222. The molecule has 0 saturated heterocycles. The number of rotatable bonds is 5. The number of ketones is 1. The highest BCUT2D eigenvalue weighted by atomic mass is 32.1. The number of nitrogens with zero attached hydrogens (tertiary/aromatic N) is 2. The van der Waals surface area contributed by atoms with Crippen LogP contribution in [-0.4, -0.2) is 15.3 Å². The van der Waals surface area contributed by atoms with Crippen LogP contribution >= 0.6 is 11.3 Å². The van der Waals surface area contributed by atoms with E-state index in [1.165, 1.54) is 29.0 Å². The number of Topliss-reactive ketones (excluding diaryl/α,β-unsaturated/α-hetero) is 1. The average molecular weight is 328 g/mol. The highest BCUT2D eigenvalue weighted by Crippen LogP contribution is 2.24. The van der Waals surface area contributed by atoms with Crippen molar-refractivity contribution in [1.29, 1.82) is 0 Å². The number of carbonyl (C=O) groups is 1. The Kier molecular flexibility index (Phi) is 4.39. The average Bonchev–Trinajstić information content (AvgIpc) is 3.12. The molecule has 0 N–H and O–H groups in total. The molecule has 0 aliphatic carbocycles. The van der Waals surface area contributed by atoms with E-state index < -0.39 is 0 Å². The molecule has 0 amide bonds. The second kappa shape index (κ2) is 6.46. The molecule has 0 saturated carbocycles. The second-order valence-electron chi connectivity index (χ2n) is 5.66. The van der Waals surface area contributed by atoms with Gasteiger partial charge in [0.25, 0.3) is 0 Å². The van der Waals surface area contributed by atoms with E-state index in [-0.39, 0.29) is 18.0 Å². The number of carbonyl (C=O) groups excluding carboxylic acids is 1. The summed E-state index contributed by atoms with van der Waals surface area (Å²) >= 11 is 1.47. The molecule has 0 aliphatic rings. The summed E-state index contributed by atoms with van der Waals surface area (Å²) in [4.78, 5) is 16.8. The van der Waals surface area contributed by atoms with E-state index in [1.807, 2.05) is 30.0 Å². The molecule has 23 heavy (non-hydrogen) atoms. The Morgan fingerprint density at radius 1 is 1.39 bits per heavy atom. The summed E-state index contributed by atoms with van der Waals surface area (Å²) < 4.78 is 15.5. The molecule has 3 aromatic rings.